The third kappa shape index (κ3) is 9.09. The summed E-state index contributed by atoms with van der Waals surface area (Å²) in [5.74, 6) is 2.31. The number of halogens is 1. The second-order valence-electron chi connectivity index (χ2n) is 17.0. The molecule has 0 amide bonds. The molecular formula is C49H56ClN3O3S2. The van der Waals surface area contributed by atoms with Crippen molar-refractivity contribution in [1.29, 1.82) is 0 Å². The Kier molecular flexibility index (Phi) is 14.2. The van der Waals surface area contributed by atoms with Gasteiger partial charge in [0.05, 0.1) is 4.88 Å². The van der Waals surface area contributed by atoms with Crippen molar-refractivity contribution in [1.82, 2.24) is 9.80 Å². The molecule has 0 saturated carbocycles. The molecule has 2 N–H and O–H groups in total. The van der Waals surface area contributed by atoms with Gasteiger partial charge in [-0.1, -0.05) is 97.1 Å². The third-order valence-electron chi connectivity index (χ3n) is 13.4. The normalized spacial score (nSPS) is 24.4. The Morgan fingerprint density at radius 3 is 1.67 bits per heavy atom. The van der Waals surface area contributed by atoms with Crippen LogP contribution in [-0.2, 0) is 9.59 Å². The minimum Gasteiger partial charge on any atom is -0.326 e. The third-order valence-corrected chi connectivity index (χ3v) is 15.6. The number of carbonyl (C=O) groups is 1. The Morgan fingerprint density at radius 2 is 1.17 bits per heavy atom. The molecule has 304 valence electrons. The first-order chi connectivity index (χ1) is 27.5. The average Bonchev–Trinajstić information content (AvgIpc) is 3.91. The fourth-order valence-corrected chi connectivity index (χ4v) is 12.0. The quantitative estimate of drug-likeness (QED) is 0.174. The SMILES string of the molecule is CC1(C)[C@H](CC(=O)c2cc3cccc(-c4ccccc4)c3s2)C2CCN1CC2.CC1(C)[C@H](N)C2CCN1CC2.Cl.O=C=O.c1ccc(-c2cccc3ccsc23)cc1. The van der Waals surface area contributed by atoms with E-state index in [2.05, 4.69) is 146 Å². The van der Waals surface area contributed by atoms with Gasteiger partial charge in [0.1, 0.15) is 0 Å². The van der Waals surface area contributed by atoms with Crippen molar-refractivity contribution in [2.75, 3.05) is 26.2 Å². The standard InChI is InChI=1S/C25H27NOS.C14H10S.C9H18N2.CO2.ClH/c1-25(2)21(18-11-13-26(25)14-12-18)16-22(27)23-15-19-9-6-10-20(24(19)28-23)17-7-4-3-5-8-17;1-2-5-11(6-3-1)13-8-4-7-12-9-10-15-14(12)13;1-9(2)8(10)7-3-5-11(9)6-4-7;2-1-3;/h3-10,15,18,21H,11-14,16H2,1-2H3;1-10H;7-8H,3-6,10H2,1-2H3;;1H/t21-;;8-;;/m1.1../s1. The van der Waals surface area contributed by atoms with Crippen molar-refractivity contribution in [3.63, 3.8) is 0 Å². The molecule has 58 heavy (non-hydrogen) atoms. The minimum absolute atomic E-state index is 0. The first kappa shape index (κ1) is 43.6. The highest BCUT2D eigenvalue weighted by Gasteiger charge is 2.48. The van der Waals surface area contributed by atoms with Gasteiger partial charge < -0.3 is 5.73 Å². The van der Waals surface area contributed by atoms with E-state index in [1.807, 2.05) is 17.4 Å². The molecule has 4 bridgehead atoms. The Labute approximate surface area is 357 Å². The van der Waals surface area contributed by atoms with Crippen molar-refractivity contribution >= 4 is 67.2 Å². The van der Waals surface area contributed by atoms with Crippen LogP contribution in [0, 0.1) is 17.8 Å². The number of thiophene rings is 2. The molecule has 0 spiro atoms. The second kappa shape index (κ2) is 18.9. The highest BCUT2D eigenvalue weighted by atomic mass is 35.5. The molecule has 6 saturated heterocycles. The van der Waals surface area contributed by atoms with Crippen LogP contribution in [0.1, 0.15) is 69.5 Å². The first-order valence-corrected chi connectivity index (χ1v) is 22.1. The number of Topliss-reactive ketones (excluding diaryl/α,β-unsaturated/α-hetero) is 1. The zero-order valence-electron chi connectivity index (χ0n) is 34.1. The van der Waals surface area contributed by atoms with Crippen LogP contribution >= 0.6 is 35.1 Å². The maximum Gasteiger partial charge on any atom is 0.373 e. The van der Waals surface area contributed by atoms with Gasteiger partial charge in [-0.3, -0.25) is 14.6 Å². The molecular weight excluding hydrogens is 778 g/mol. The number of rotatable bonds is 5. The number of nitrogens with two attached hydrogens (primary N) is 1. The maximum absolute atomic E-state index is 13.3. The summed E-state index contributed by atoms with van der Waals surface area (Å²) in [6.07, 6.45) is 6.09. The van der Waals surface area contributed by atoms with Crippen LogP contribution in [0.25, 0.3) is 42.4 Å². The molecule has 6 aromatic rings. The van der Waals surface area contributed by atoms with Crippen molar-refractivity contribution in [2.24, 2.45) is 23.5 Å². The van der Waals surface area contributed by atoms with E-state index in [0.717, 1.165) is 10.8 Å². The summed E-state index contributed by atoms with van der Waals surface area (Å²) in [4.78, 5) is 35.6. The van der Waals surface area contributed by atoms with E-state index in [9.17, 15) is 4.79 Å². The number of hydrogen-bond acceptors (Lipinski definition) is 8. The summed E-state index contributed by atoms with van der Waals surface area (Å²) >= 11 is 3.48. The van der Waals surface area contributed by atoms with Gasteiger partial charge in [-0.15, -0.1) is 35.1 Å². The van der Waals surface area contributed by atoms with Crippen LogP contribution in [0.5, 0.6) is 0 Å². The number of fused-ring (bicyclic) bond motifs is 8. The van der Waals surface area contributed by atoms with Gasteiger partial charge in [0.2, 0.25) is 0 Å². The zero-order valence-corrected chi connectivity index (χ0v) is 36.5. The Bertz CT molecular complexity index is 2300. The van der Waals surface area contributed by atoms with Crippen LogP contribution in [0.15, 0.2) is 115 Å². The van der Waals surface area contributed by atoms with Gasteiger partial charge in [-0.05, 0) is 148 Å². The lowest BCUT2D eigenvalue weighted by Gasteiger charge is -2.56. The molecule has 6 nitrogen and oxygen atoms in total. The minimum atomic E-state index is 0. The van der Waals surface area contributed by atoms with Crippen molar-refractivity contribution < 1.29 is 14.4 Å². The topological polar surface area (TPSA) is 83.7 Å². The molecule has 4 aromatic carbocycles. The van der Waals surface area contributed by atoms with E-state index >= 15 is 0 Å². The van der Waals surface area contributed by atoms with Crippen molar-refractivity contribution in [3.8, 4) is 22.3 Å². The summed E-state index contributed by atoms with van der Waals surface area (Å²) in [5, 5.41) is 4.67. The largest absolute Gasteiger partial charge is 0.373 e. The number of hydrogen-bond donors (Lipinski definition) is 1. The zero-order chi connectivity index (χ0) is 40.2. The Hall–Kier alpha value is -3.98. The van der Waals surface area contributed by atoms with Crippen LogP contribution in [0.4, 0.5) is 0 Å². The molecule has 12 rings (SSSR count). The molecule has 0 radical (unpaired) electrons. The lowest BCUT2D eigenvalue weighted by atomic mass is 9.65. The van der Waals surface area contributed by atoms with E-state index in [1.165, 1.54) is 94.3 Å². The van der Waals surface area contributed by atoms with Crippen LogP contribution in [0.2, 0.25) is 0 Å². The van der Waals surface area contributed by atoms with Gasteiger partial charge in [0, 0.05) is 32.9 Å². The summed E-state index contributed by atoms with van der Waals surface area (Å²) < 4.78 is 2.61. The van der Waals surface area contributed by atoms with Crippen LogP contribution in [-0.4, -0.2) is 65.0 Å². The summed E-state index contributed by atoms with van der Waals surface area (Å²) in [6.45, 7) is 14.2. The maximum atomic E-state index is 13.3. The molecule has 9 heteroatoms. The second-order valence-corrected chi connectivity index (χ2v) is 19.0. The van der Waals surface area contributed by atoms with Gasteiger partial charge in [0.25, 0.3) is 0 Å². The van der Waals surface area contributed by atoms with E-state index < -0.39 is 0 Å². The highest BCUT2D eigenvalue weighted by Crippen LogP contribution is 2.46. The van der Waals surface area contributed by atoms with E-state index in [4.69, 9.17) is 15.3 Å². The number of carbonyl (C=O) groups excluding carboxylic acids is 3. The van der Waals surface area contributed by atoms with Crippen LogP contribution in [0.3, 0.4) is 0 Å². The number of benzene rings is 4. The molecule has 6 fully saturated rings. The Balaban J connectivity index is 0.000000158. The molecule has 8 heterocycles. The van der Waals surface area contributed by atoms with Crippen molar-refractivity contribution in [2.45, 2.75) is 76.9 Å². The monoisotopic (exact) mass is 833 g/mol. The number of nitrogens with zero attached hydrogens (tertiary/aromatic N) is 2. The van der Waals surface area contributed by atoms with E-state index in [0.29, 0.717) is 30.1 Å². The fraction of sp³-hybridized carbons (Fsp3) is 0.388. The van der Waals surface area contributed by atoms with Gasteiger partial charge >= 0.3 is 6.15 Å². The summed E-state index contributed by atoms with van der Waals surface area (Å²) in [5.41, 5.74) is 11.6. The lowest BCUT2D eigenvalue weighted by Crippen LogP contribution is -2.67. The summed E-state index contributed by atoms with van der Waals surface area (Å²) in [7, 11) is 0. The van der Waals surface area contributed by atoms with E-state index in [1.54, 1.807) is 11.3 Å². The summed E-state index contributed by atoms with van der Waals surface area (Å²) in [6, 6.07) is 38.6. The lowest BCUT2D eigenvalue weighted by molar-refractivity contribution is -0.191. The molecule has 6 aliphatic heterocycles. The van der Waals surface area contributed by atoms with Crippen molar-refractivity contribution in [3.05, 3.63) is 119 Å². The number of ketones is 1. The predicted octanol–water partition coefficient (Wildman–Crippen LogP) is 11.5. The molecule has 2 atom stereocenters. The molecule has 0 unspecified atom stereocenters. The predicted molar refractivity (Wildman–Crippen MR) is 244 cm³/mol. The first-order valence-electron chi connectivity index (χ1n) is 20.4. The average molecular weight is 835 g/mol. The molecule has 0 aliphatic carbocycles. The van der Waals surface area contributed by atoms with Crippen LogP contribution < -0.4 is 5.73 Å². The highest BCUT2D eigenvalue weighted by molar-refractivity contribution is 7.21. The van der Waals surface area contributed by atoms with E-state index in [-0.39, 0.29) is 29.6 Å². The fourth-order valence-electron chi connectivity index (χ4n) is 9.91. The van der Waals surface area contributed by atoms with Gasteiger partial charge in [-0.25, -0.2) is 0 Å². The Morgan fingerprint density at radius 1 is 0.672 bits per heavy atom. The molecule has 6 aliphatic rings. The van der Waals surface area contributed by atoms with Gasteiger partial charge in [0.15, 0.2) is 5.78 Å². The number of piperidine rings is 6. The molecule has 2 aromatic heterocycles. The smallest absolute Gasteiger partial charge is 0.326 e. The van der Waals surface area contributed by atoms with Gasteiger partial charge in [-0.2, -0.15) is 9.59 Å².